The minimum Gasteiger partial charge on any atom is -0.492 e. The molecule has 4 fully saturated rings. The van der Waals surface area contributed by atoms with Crippen LogP contribution in [-0.4, -0.2) is 69.9 Å². The quantitative estimate of drug-likeness (QED) is 0.179. The molecule has 9 heteroatoms. The first-order chi connectivity index (χ1) is 26.5. The number of hydrogen-bond donors (Lipinski definition) is 0. The van der Waals surface area contributed by atoms with Crippen molar-refractivity contribution in [2.24, 2.45) is 0 Å². The smallest absolute Gasteiger partial charge is 0.192 e. The monoisotopic (exact) mass is 770 g/mol. The van der Waals surface area contributed by atoms with Crippen LogP contribution in [-0.2, 0) is 50.8 Å². The zero-order valence-electron chi connectivity index (χ0n) is 33.7. The van der Waals surface area contributed by atoms with Crippen molar-refractivity contribution in [3.63, 3.8) is 0 Å². The standard InChI is InChI=1S/C46H62O8Si/c1-45(2,3)55(5,6)54-43-27-26-37(48-30-34-18-12-8-13-19-34)42(31-47-29-33-16-10-7-11-17-33)53-46(43,4)28-36-22-23-39-38(50-36)24-25-40-41(51-39)32-49-44(52-40)35-20-14-9-15-21-35/h7-21,28,37-44H,22-27,29-32H2,1-6H3/b36-28+/t37-,38-,39+,40+,41-,42+,43+,44-,46-/m1/s1. The van der Waals surface area contributed by atoms with Crippen LogP contribution in [0.3, 0.4) is 0 Å². The summed E-state index contributed by atoms with van der Waals surface area (Å²) in [5.41, 5.74) is 2.51. The fourth-order valence-corrected chi connectivity index (χ4v) is 9.41. The first-order valence-corrected chi connectivity index (χ1v) is 23.4. The maximum absolute atomic E-state index is 7.33. The van der Waals surface area contributed by atoms with E-state index >= 15 is 0 Å². The van der Waals surface area contributed by atoms with Gasteiger partial charge in [0.2, 0.25) is 0 Å². The summed E-state index contributed by atoms with van der Waals surface area (Å²) in [4.78, 5) is 0. The van der Waals surface area contributed by atoms with Gasteiger partial charge >= 0.3 is 0 Å². The molecular formula is C46H62O8Si. The minimum atomic E-state index is -2.20. The van der Waals surface area contributed by atoms with Crippen molar-refractivity contribution in [1.29, 1.82) is 0 Å². The van der Waals surface area contributed by atoms with Gasteiger partial charge in [-0.15, -0.1) is 0 Å². The third kappa shape index (κ3) is 10.2. The molecule has 9 atom stereocenters. The van der Waals surface area contributed by atoms with Crippen molar-refractivity contribution >= 4 is 8.32 Å². The zero-order valence-corrected chi connectivity index (χ0v) is 34.7. The molecule has 8 nitrogen and oxygen atoms in total. The molecule has 7 rings (SSSR count). The first kappa shape index (κ1) is 40.3. The summed E-state index contributed by atoms with van der Waals surface area (Å²) in [6.45, 7) is 15.6. The molecule has 0 N–H and O–H groups in total. The fourth-order valence-electron chi connectivity index (χ4n) is 8.00. The second-order valence-electron chi connectivity index (χ2n) is 17.5. The van der Waals surface area contributed by atoms with Crippen LogP contribution in [0.4, 0.5) is 0 Å². The molecule has 4 heterocycles. The highest BCUT2D eigenvalue weighted by atomic mass is 28.4. The lowest BCUT2D eigenvalue weighted by molar-refractivity contribution is -0.271. The molecule has 3 aromatic carbocycles. The Hall–Kier alpha value is -2.86. The molecule has 4 aliphatic rings. The molecule has 0 aliphatic carbocycles. The van der Waals surface area contributed by atoms with Crippen LogP contribution in [0.25, 0.3) is 0 Å². The van der Waals surface area contributed by atoms with Crippen molar-refractivity contribution in [3.05, 3.63) is 120 Å². The number of benzene rings is 3. The molecule has 0 saturated carbocycles. The van der Waals surface area contributed by atoms with E-state index in [9.17, 15) is 0 Å². The number of ether oxygens (including phenoxy) is 7. The molecular weight excluding hydrogens is 709 g/mol. The molecule has 55 heavy (non-hydrogen) atoms. The van der Waals surface area contributed by atoms with Crippen LogP contribution in [0, 0.1) is 0 Å². The molecule has 0 spiro atoms. The SMILES string of the molecule is CC(C)(C)[Si](C)(C)O[C@H]1CC[C@@H](OCc2ccccc2)[C@H](COCc2ccccc2)O[C@]1(C)/C=C1\CC[C@@H]2O[C@@H]3CO[C@@H](c4ccccc4)O[C@H]3CC[C@H]2O1. The predicted molar refractivity (Wildman–Crippen MR) is 216 cm³/mol. The van der Waals surface area contributed by atoms with E-state index < -0.39 is 13.9 Å². The second-order valence-corrected chi connectivity index (χ2v) is 22.2. The summed E-state index contributed by atoms with van der Waals surface area (Å²) in [7, 11) is -2.20. The van der Waals surface area contributed by atoms with Crippen molar-refractivity contribution in [3.8, 4) is 0 Å². The highest BCUT2D eigenvalue weighted by Crippen LogP contribution is 2.44. The van der Waals surface area contributed by atoms with Crippen LogP contribution >= 0.6 is 0 Å². The Morgan fingerprint density at radius 1 is 0.745 bits per heavy atom. The van der Waals surface area contributed by atoms with Crippen molar-refractivity contribution in [1.82, 2.24) is 0 Å². The van der Waals surface area contributed by atoms with E-state index in [-0.39, 0.29) is 54.1 Å². The lowest BCUT2D eigenvalue weighted by Gasteiger charge is -2.45. The zero-order chi connectivity index (χ0) is 38.5. The van der Waals surface area contributed by atoms with Crippen LogP contribution < -0.4 is 0 Å². The van der Waals surface area contributed by atoms with Crippen molar-refractivity contribution in [2.45, 2.75) is 152 Å². The summed E-state index contributed by atoms with van der Waals surface area (Å²) in [5, 5.41) is 0.0308. The highest BCUT2D eigenvalue weighted by molar-refractivity contribution is 6.74. The average molecular weight is 771 g/mol. The van der Waals surface area contributed by atoms with Gasteiger partial charge in [-0.2, -0.15) is 0 Å². The van der Waals surface area contributed by atoms with Crippen LogP contribution in [0.2, 0.25) is 18.1 Å². The van der Waals surface area contributed by atoms with Gasteiger partial charge in [0.15, 0.2) is 14.6 Å². The summed E-state index contributed by atoms with van der Waals surface area (Å²) < 4.78 is 54.0. The Kier molecular flexibility index (Phi) is 13.0. The molecule has 4 aliphatic heterocycles. The normalized spacial score (nSPS) is 32.4. The maximum atomic E-state index is 7.33. The summed E-state index contributed by atoms with van der Waals surface area (Å²) >= 11 is 0. The van der Waals surface area contributed by atoms with Crippen LogP contribution in [0.5, 0.6) is 0 Å². The Morgan fingerprint density at radius 3 is 2.07 bits per heavy atom. The number of hydrogen-bond acceptors (Lipinski definition) is 8. The van der Waals surface area contributed by atoms with Gasteiger partial charge in [0.05, 0.1) is 56.6 Å². The number of fused-ring (bicyclic) bond motifs is 2. The van der Waals surface area contributed by atoms with Crippen LogP contribution in [0.1, 0.15) is 89.2 Å². The summed E-state index contributed by atoms with van der Waals surface area (Å²) in [6.07, 6.45) is 5.78. The van der Waals surface area contributed by atoms with Gasteiger partial charge in [-0.3, -0.25) is 0 Å². The third-order valence-electron chi connectivity index (χ3n) is 12.2. The van der Waals surface area contributed by atoms with Gasteiger partial charge in [-0.05, 0) is 74.4 Å². The van der Waals surface area contributed by atoms with E-state index in [0.29, 0.717) is 26.4 Å². The molecule has 4 saturated heterocycles. The van der Waals surface area contributed by atoms with E-state index in [4.69, 9.17) is 37.6 Å². The number of rotatable bonds is 11. The summed E-state index contributed by atoms with van der Waals surface area (Å²) in [6, 6.07) is 30.8. The molecule has 3 aromatic rings. The van der Waals surface area contributed by atoms with Gasteiger partial charge in [0.1, 0.15) is 23.9 Å². The molecule has 0 bridgehead atoms. The minimum absolute atomic E-state index is 0.0235. The Labute approximate surface area is 329 Å². The largest absolute Gasteiger partial charge is 0.492 e. The van der Waals surface area contributed by atoms with Gasteiger partial charge < -0.3 is 37.6 Å². The van der Waals surface area contributed by atoms with E-state index in [1.165, 1.54) is 0 Å². The highest BCUT2D eigenvalue weighted by Gasteiger charge is 2.49. The van der Waals surface area contributed by atoms with E-state index in [2.05, 4.69) is 95.4 Å². The lowest BCUT2D eigenvalue weighted by Crippen LogP contribution is -2.52. The fraction of sp³-hybridized carbons (Fsp3) is 0.565. The Bertz CT molecular complexity index is 1660. The molecule has 0 unspecified atom stereocenters. The topological polar surface area (TPSA) is 73.8 Å². The third-order valence-corrected chi connectivity index (χ3v) is 16.7. The van der Waals surface area contributed by atoms with Gasteiger partial charge in [0, 0.05) is 12.0 Å². The van der Waals surface area contributed by atoms with Gasteiger partial charge in [0.25, 0.3) is 0 Å². The Balaban J connectivity index is 1.11. The average Bonchev–Trinajstić information content (AvgIpc) is 3.43. The van der Waals surface area contributed by atoms with E-state index in [0.717, 1.165) is 61.0 Å². The lowest BCUT2D eigenvalue weighted by atomic mass is 9.92. The van der Waals surface area contributed by atoms with E-state index in [1.807, 2.05) is 42.5 Å². The molecule has 0 radical (unpaired) electrons. The van der Waals surface area contributed by atoms with Crippen molar-refractivity contribution < 1.29 is 37.6 Å². The van der Waals surface area contributed by atoms with Crippen LogP contribution in [0.15, 0.2) is 103 Å². The Morgan fingerprint density at radius 2 is 1.38 bits per heavy atom. The van der Waals surface area contributed by atoms with E-state index in [1.54, 1.807) is 0 Å². The summed E-state index contributed by atoms with van der Waals surface area (Å²) in [5.74, 6) is 0.938. The first-order valence-electron chi connectivity index (χ1n) is 20.4. The van der Waals surface area contributed by atoms with Crippen molar-refractivity contribution in [2.75, 3.05) is 13.2 Å². The molecule has 0 amide bonds. The van der Waals surface area contributed by atoms with Gasteiger partial charge in [-0.25, -0.2) is 0 Å². The molecule has 0 aromatic heterocycles. The molecule has 298 valence electrons. The second kappa shape index (κ2) is 17.7. The van der Waals surface area contributed by atoms with Gasteiger partial charge in [-0.1, -0.05) is 112 Å². The maximum Gasteiger partial charge on any atom is 0.192 e. The predicted octanol–water partition coefficient (Wildman–Crippen LogP) is 9.84. The number of allylic oxidation sites excluding steroid dienone is 1.